The summed E-state index contributed by atoms with van der Waals surface area (Å²) in [5.74, 6) is -0.825. The molecule has 1 atom stereocenters. The maximum Gasteiger partial charge on any atom is 0.335 e. The van der Waals surface area contributed by atoms with Gasteiger partial charge in [0.1, 0.15) is 5.82 Å². The van der Waals surface area contributed by atoms with E-state index in [0.717, 1.165) is 66.7 Å². The molecular weight excluding hydrogens is 504 g/mol. The molecular formula is C32H32ClF2NO2. The minimum absolute atomic E-state index is 0.0903. The van der Waals surface area contributed by atoms with Crippen molar-refractivity contribution in [2.75, 3.05) is 26.3 Å². The van der Waals surface area contributed by atoms with Crippen LogP contribution in [0.15, 0.2) is 60.7 Å². The molecule has 0 aromatic heterocycles. The Hall–Kier alpha value is -3.02. The summed E-state index contributed by atoms with van der Waals surface area (Å²) in [6.07, 6.45) is 4.84. The fourth-order valence-electron chi connectivity index (χ4n) is 5.96. The van der Waals surface area contributed by atoms with Gasteiger partial charge in [0.15, 0.2) is 0 Å². The maximum atomic E-state index is 15.3. The first-order valence-electron chi connectivity index (χ1n) is 13.4. The lowest BCUT2D eigenvalue weighted by Crippen LogP contribution is -2.22. The number of aromatic carboxylic acids is 1. The standard InChI is InChI=1S/C32H32ClF2NO2/c33-29-7-2-6-28(31(29)35)27-5-1-4-24-19-25(32(37)38)12-13-26(24)30(27)23-10-8-21(9-11-23)18-22-14-17-36(20-22)16-3-15-34/h2,6-13,19,22H,1,3-5,14-18,20H2,(H,37,38). The molecule has 5 rings (SSSR count). The molecule has 3 aromatic carbocycles. The zero-order valence-corrected chi connectivity index (χ0v) is 22.1. The van der Waals surface area contributed by atoms with Crippen molar-refractivity contribution in [2.45, 2.75) is 38.5 Å². The number of allylic oxidation sites excluding steroid dienone is 1. The van der Waals surface area contributed by atoms with Crippen molar-refractivity contribution in [3.05, 3.63) is 105 Å². The molecule has 3 nitrogen and oxygen atoms in total. The number of likely N-dealkylation sites (tertiary alicyclic amines) is 1. The van der Waals surface area contributed by atoms with E-state index >= 15 is 4.39 Å². The fraction of sp³-hybridized carbons (Fsp3) is 0.344. The molecule has 38 heavy (non-hydrogen) atoms. The number of halogens is 3. The predicted molar refractivity (Wildman–Crippen MR) is 149 cm³/mol. The second kappa shape index (κ2) is 11.8. The molecule has 1 fully saturated rings. The first-order valence-corrected chi connectivity index (χ1v) is 13.7. The molecule has 1 N–H and O–H groups in total. The van der Waals surface area contributed by atoms with E-state index in [1.54, 1.807) is 30.3 Å². The van der Waals surface area contributed by atoms with Gasteiger partial charge < -0.3 is 10.0 Å². The third-order valence-electron chi connectivity index (χ3n) is 7.82. The van der Waals surface area contributed by atoms with Crippen LogP contribution in [0.2, 0.25) is 5.02 Å². The highest BCUT2D eigenvalue weighted by Crippen LogP contribution is 2.41. The maximum absolute atomic E-state index is 15.3. The van der Waals surface area contributed by atoms with E-state index in [1.807, 2.05) is 6.07 Å². The largest absolute Gasteiger partial charge is 0.478 e. The number of fused-ring (bicyclic) bond motifs is 1. The van der Waals surface area contributed by atoms with Gasteiger partial charge >= 0.3 is 5.97 Å². The lowest BCUT2D eigenvalue weighted by molar-refractivity contribution is 0.0696. The Morgan fingerprint density at radius 3 is 2.63 bits per heavy atom. The molecule has 3 aromatic rings. The highest BCUT2D eigenvalue weighted by atomic mass is 35.5. The quantitative estimate of drug-likeness (QED) is 0.321. The van der Waals surface area contributed by atoms with Crippen LogP contribution in [0.25, 0.3) is 11.1 Å². The summed E-state index contributed by atoms with van der Waals surface area (Å²) in [6, 6.07) is 18.8. The van der Waals surface area contributed by atoms with Crippen molar-refractivity contribution < 1.29 is 18.7 Å². The van der Waals surface area contributed by atoms with Gasteiger partial charge in [-0.25, -0.2) is 9.18 Å². The normalized spacial score (nSPS) is 17.9. The summed E-state index contributed by atoms with van der Waals surface area (Å²) in [5, 5.41) is 9.64. The summed E-state index contributed by atoms with van der Waals surface area (Å²) in [7, 11) is 0. The van der Waals surface area contributed by atoms with Crippen LogP contribution in [0.3, 0.4) is 0 Å². The average molecular weight is 536 g/mol. The number of benzene rings is 3. The Morgan fingerprint density at radius 2 is 1.87 bits per heavy atom. The fourth-order valence-corrected chi connectivity index (χ4v) is 6.14. The van der Waals surface area contributed by atoms with E-state index in [4.69, 9.17) is 11.6 Å². The van der Waals surface area contributed by atoms with Crippen LogP contribution in [-0.2, 0) is 12.8 Å². The number of rotatable bonds is 8. The van der Waals surface area contributed by atoms with E-state index in [1.165, 1.54) is 5.56 Å². The van der Waals surface area contributed by atoms with E-state index in [9.17, 15) is 14.3 Å². The number of carbonyl (C=O) groups is 1. The molecule has 0 amide bonds. The highest BCUT2D eigenvalue weighted by Gasteiger charge is 2.25. The molecule has 1 aliphatic heterocycles. The summed E-state index contributed by atoms with van der Waals surface area (Å²) >= 11 is 6.18. The molecule has 0 saturated carbocycles. The van der Waals surface area contributed by atoms with E-state index in [0.29, 0.717) is 30.7 Å². The van der Waals surface area contributed by atoms with Gasteiger partial charge in [0.2, 0.25) is 0 Å². The van der Waals surface area contributed by atoms with Crippen molar-refractivity contribution in [1.82, 2.24) is 4.90 Å². The molecule has 2 aliphatic rings. The Bertz CT molecular complexity index is 1350. The first-order chi connectivity index (χ1) is 18.4. The molecule has 198 valence electrons. The Morgan fingerprint density at radius 1 is 1.05 bits per heavy atom. The summed E-state index contributed by atoms with van der Waals surface area (Å²) in [5.41, 5.74) is 6.69. The summed E-state index contributed by atoms with van der Waals surface area (Å²) < 4.78 is 27.8. The molecule has 1 unspecified atom stereocenters. The number of hydrogen-bond acceptors (Lipinski definition) is 2. The van der Waals surface area contributed by atoms with Gasteiger partial charge in [-0.3, -0.25) is 4.39 Å². The SMILES string of the molecule is O=C(O)c1ccc2c(c1)CCCC(c1cccc(Cl)c1F)=C2c1ccc(CC2CCN(CCCF)C2)cc1. The lowest BCUT2D eigenvalue weighted by atomic mass is 9.86. The Labute approximate surface area is 227 Å². The monoisotopic (exact) mass is 535 g/mol. The van der Waals surface area contributed by atoms with Crippen LogP contribution in [-0.4, -0.2) is 42.3 Å². The average Bonchev–Trinajstić information content (AvgIpc) is 3.27. The minimum atomic E-state index is -0.955. The Balaban J connectivity index is 1.52. The van der Waals surface area contributed by atoms with Gasteiger partial charge in [0, 0.05) is 18.7 Å². The van der Waals surface area contributed by atoms with E-state index < -0.39 is 11.8 Å². The van der Waals surface area contributed by atoms with Gasteiger partial charge in [-0.05, 0) is 103 Å². The highest BCUT2D eigenvalue weighted by molar-refractivity contribution is 6.31. The minimum Gasteiger partial charge on any atom is -0.478 e. The third kappa shape index (κ3) is 5.69. The van der Waals surface area contributed by atoms with Crippen molar-refractivity contribution in [3.63, 3.8) is 0 Å². The number of carboxylic acids is 1. The van der Waals surface area contributed by atoms with Gasteiger partial charge in [-0.15, -0.1) is 0 Å². The van der Waals surface area contributed by atoms with Crippen LogP contribution >= 0.6 is 11.6 Å². The smallest absolute Gasteiger partial charge is 0.335 e. The molecule has 0 bridgehead atoms. The van der Waals surface area contributed by atoms with Crippen molar-refractivity contribution in [2.24, 2.45) is 5.92 Å². The van der Waals surface area contributed by atoms with E-state index in [-0.39, 0.29) is 17.3 Å². The molecule has 0 spiro atoms. The number of carboxylic acid groups (broad SMARTS) is 1. The molecule has 1 saturated heterocycles. The van der Waals surface area contributed by atoms with Crippen LogP contribution in [0, 0.1) is 11.7 Å². The van der Waals surface area contributed by atoms with Gasteiger partial charge in [-0.2, -0.15) is 0 Å². The zero-order valence-electron chi connectivity index (χ0n) is 21.4. The number of hydrogen-bond donors (Lipinski definition) is 1. The zero-order chi connectivity index (χ0) is 26.6. The molecule has 6 heteroatoms. The second-order valence-corrected chi connectivity index (χ2v) is 10.8. The third-order valence-corrected chi connectivity index (χ3v) is 8.11. The lowest BCUT2D eigenvalue weighted by Gasteiger charge is -2.18. The summed E-state index contributed by atoms with van der Waals surface area (Å²) in [6.45, 7) is 2.59. The topological polar surface area (TPSA) is 40.5 Å². The van der Waals surface area contributed by atoms with Crippen LogP contribution in [0.1, 0.15) is 63.9 Å². The van der Waals surface area contributed by atoms with Crippen LogP contribution in [0.5, 0.6) is 0 Å². The van der Waals surface area contributed by atoms with Crippen molar-refractivity contribution in [3.8, 4) is 0 Å². The van der Waals surface area contributed by atoms with Crippen LogP contribution in [0.4, 0.5) is 8.78 Å². The summed E-state index contributed by atoms with van der Waals surface area (Å²) in [4.78, 5) is 14.0. The molecule has 0 radical (unpaired) electrons. The number of nitrogens with zero attached hydrogens (tertiary/aromatic N) is 1. The molecule has 1 heterocycles. The Kier molecular flexibility index (Phi) is 8.25. The van der Waals surface area contributed by atoms with Crippen LogP contribution < -0.4 is 0 Å². The van der Waals surface area contributed by atoms with Crippen molar-refractivity contribution >= 4 is 28.7 Å². The predicted octanol–water partition coefficient (Wildman–Crippen LogP) is 7.70. The number of aryl methyl sites for hydroxylation is 1. The molecule has 1 aliphatic carbocycles. The van der Waals surface area contributed by atoms with E-state index in [2.05, 4.69) is 29.2 Å². The van der Waals surface area contributed by atoms with Crippen molar-refractivity contribution in [1.29, 1.82) is 0 Å². The number of alkyl halides is 1. The second-order valence-electron chi connectivity index (χ2n) is 10.4. The van der Waals surface area contributed by atoms with Gasteiger partial charge in [-0.1, -0.05) is 54.1 Å². The van der Waals surface area contributed by atoms with Gasteiger partial charge in [0.25, 0.3) is 0 Å². The first kappa shape index (κ1) is 26.6. The van der Waals surface area contributed by atoms with Gasteiger partial charge in [0.05, 0.1) is 17.3 Å².